The Kier molecular flexibility index (Phi) is 4.39. The van der Waals surface area contributed by atoms with E-state index in [0.29, 0.717) is 11.6 Å². The number of para-hydroxylation sites is 1. The molecule has 4 heteroatoms. The van der Waals surface area contributed by atoms with Crippen LogP contribution >= 0.6 is 0 Å². The molecule has 0 aliphatic rings. The number of aromatic nitrogens is 2. The van der Waals surface area contributed by atoms with Gasteiger partial charge >= 0.3 is 0 Å². The molecule has 3 aromatic carbocycles. The van der Waals surface area contributed by atoms with Gasteiger partial charge in [-0.2, -0.15) is 5.10 Å². The minimum atomic E-state index is 0.682. The van der Waals surface area contributed by atoms with Gasteiger partial charge in [0.05, 0.1) is 11.7 Å². The average Bonchev–Trinajstić information content (AvgIpc) is 2.69. The Morgan fingerprint density at radius 1 is 0.808 bits per heavy atom. The number of rotatable bonds is 4. The zero-order valence-electron chi connectivity index (χ0n) is 14.4. The van der Waals surface area contributed by atoms with Gasteiger partial charge in [0.2, 0.25) is 0 Å². The lowest BCUT2D eigenvalue weighted by molar-refractivity contribution is 1.19. The molecule has 1 N–H and O–H groups in total. The van der Waals surface area contributed by atoms with Gasteiger partial charge in [-0.15, -0.1) is 0 Å². The summed E-state index contributed by atoms with van der Waals surface area (Å²) < 4.78 is 0. The molecule has 0 bridgehead atoms. The van der Waals surface area contributed by atoms with Crippen molar-refractivity contribution in [2.75, 3.05) is 5.43 Å². The van der Waals surface area contributed by atoms with E-state index in [-0.39, 0.29) is 0 Å². The highest BCUT2D eigenvalue weighted by atomic mass is 15.3. The van der Waals surface area contributed by atoms with Gasteiger partial charge in [-0.25, -0.2) is 9.97 Å². The molecule has 0 spiro atoms. The molecule has 1 aromatic heterocycles. The van der Waals surface area contributed by atoms with Crippen molar-refractivity contribution >= 4 is 22.9 Å². The Balaban J connectivity index is 1.72. The summed E-state index contributed by atoms with van der Waals surface area (Å²) in [5, 5.41) is 5.28. The smallest absolute Gasteiger partial charge is 0.162 e. The summed E-state index contributed by atoms with van der Waals surface area (Å²) >= 11 is 0. The van der Waals surface area contributed by atoms with Gasteiger partial charge in [-0.1, -0.05) is 72.3 Å². The number of anilines is 1. The Labute approximate surface area is 152 Å². The van der Waals surface area contributed by atoms with Crippen molar-refractivity contribution in [2.45, 2.75) is 6.92 Å². The van der Waals surface area contributed by atoms with Crippen molar-refractivity contribution in [3.8, 4) is 11.4 Å². The van der Waals surface area contributed by atoms with Crippen molar-refractivity contribution < 1.29 is 0 Å². The third-order valence-corrected chi connectivity index (χ3v) is 4.10. The van der Waals surface area contributed by atoms with Crippen LogP contribution in [0.1, 0.15) is 11.1 Å². The molecule has 0 amide bonds. The molecule has 1 heterocycles. The van der Waals surface area contributed by atoms with Crippen molar-refractivity contribution in [3.05, 3.63) is 90.0 Å². The van der Waals surface area contributed by atoms with Crippen LogP contribution in [-0.2, 0) is 0 Å². The number of nitrogens with one attached hydrogen (secondary N) is 1. The van der Waals surface area contributed by atoms with E-state index in [1.807, 2.05) is 66.7 Å². The number of hydrogen-bond acceptors (Lipinski definition) is 4. The van der Waals surface area contributed by atoms with E-state index in [9.17, 15) is 0 Å². The first-order chi connectivity index (χ1) is 12.8. The molecule has 126 valence electrons. The highest BCUT2D eigenvalue weighted by Crippen LogP contribution is 2.25. The van der Waals surface area contributed by atoms with E-state index in [2.05, 4.69) is 29.6 Å². The van der Waals surface area contributed by atoms with Crippen LogP contribution in [0.2, 0.25) is 0 Å². The quantitative estimate of drug-likeness (QED) is 0.418. The first-order valence-electron chi connectivity index (χ1n) is 8.47. The minimum Gasteiger partial charge on any atom is -0.261 e. The largest absolute Gasteiger partial charge is 0.261 e. The van der Waals surface area contributed by atoms with Gasteiger partial charge in [0.15, 0.2) is 11.6 Å². The topological polar surface area (TPSA) is 50.2 Å². The van der Waals surface area contributed by atoms with Crippen LogP contribution in [0.15, 0.2) is 84.0 Å². The lowest BCUT2D eigenvalue weighted by Crippen LogP contribution is -1.99. The van der Waals surface area contributed by atoms with Crippen molar-refractivity contribution in [1.82, 2.24) is 9.97 Å². The molecular weight excluding hydrogens is 320 g/mol. The molecule has 0 aliphatic heterocycles. The Morgan fingerprint density at radius 2 is 1.54 bits per heavy atom. The van der Waals surface area contributed by atoms with E-state index < -0.39 is 0 Å². The molecule has 26 heavy (non-hydrogen) atoms. The average molecular weight is 338 g/mol. The normalized spacial score (nSPS) is 11.1. The Morgan fingerprint density at radius 3 is 2.35 bits per heavy atom. The summed E-state index contributed by atoms with van der Waals surface area (Å²) in [6.07, 6.45) is 1.78. The second kappa shape index (κ2) is 7.15. The maximum atomic E-state index is 4.70. The lowest BCUT2D eigenvalue weighted by Gasteiger charge is -2.08. The predicted molar refractivity (Wildman–Crippen MR) is 107 cm³/mol. The number of nitrogens with zero attached hydrogens (tertiary/aromatic N) is 3. The molecule has 0 radical (unpaired) electrons. The number of hydrogen-bond donors (Lipinski definition) is 1. The summed E-state index contributed by atoms with van der Waals surface area (Å²) in [7, 11) is 0. The molecule has 4 aromatic rings. The zero-order valence-corrected chi connectivity index (χ0v) is 14.4. The third kappa shape index (κ3) is 3.44. The number of aryl methyl sites for hydroxylation is 1. The second-order valence-electron chi connectivity index (χ2n) is 6.06. The predicted octanol–water partition coefficient (Wildman–Crippen LogP) is 5.05. The number of benzene rings is 3. The van der Waals surface area contributed by atoms with Gasteiger partial charge in [0.25, 0.3) is 0 Å². The molecule has 0 aliphatic carbocycles. The van der Waals surface area contributed by atoms with Crippen LogP contribution in [0.25, 0.3) is 22.3 Å². The molecule has 0 saturated heterocycles. The van der Waals surface area contributed by atoms with E-state index >= 15 is 0 Å². The molecule has 0 unspecified atom stereocenters. The maximum absolute atomic E-state index is 4.70. The van der Waals surface area contributed by atoms with Gasteiger partial charge in [0.1, 0.15) is 0 Å². The van der Waals surface area contributed by atoms with Crippen LogP contribution in [0.4, 0.5) is 5.82 Å². The van der Waals surface area contributed by atoms with E-state index in [0.717, 1.165) is 22.0 Å². The molecular formula is C22H18N4. The first-order valence-corrected chi connectivity index (χ1v) is 8.47. The molecule has 0 saturated carbocycles. The van der Waals surface area contributed by atoms with Crippen LogP contribution in [0.5, 0.6) is 0 Å². The molecule has 4 rings (SSSR count). The third-order valence-electron chi connectivity index (χ3n) is 4.10. The minimum absolute atomic E-state index is 0.682. The van der Waals surface area contributed by atoms with E-state index in [1.165, 1.54) is 5.56 Å². The highest BCUT2D eigenvalue weighted by Gasteiger charge is 2.08. The summed E-state index contributed by atoms with van der Waals surface area (Å²) in [6, 6.07) is 26.1. The number of fused-ring (bicyclic) bond motifs is 1. The van der Waals surface area contributed by atoms with Crippen molar-refractivity contribution in [1.29, 1.82) is 0 Å². The summed E-state index contributed by atoms with van der Waals surface area (Å²) in [6.45, 7) is 2.07. The lowest BCUT2D eigenvalue weighted by atomic mass is 10.1. The monoisotopic (exact) mass is 338 g/mol. The van der Waals surface area contributed by atoms with Crippen LogP contribution in [-0.4, -0.2) is 16.2 Å². The van der Waals surface area contributed by atoms with Gasteiger partial charge in [-0.3, -0.25) is 5.43 Å². The second-order valence-corrected chi connectivity index (χ2v) is 6.06. The van der Waals surface area contributed by atoms with Gasteiger partial charge in [-0.05, 0) is 24.6 Å². The fraction of sp³-hybridized carbons (Fsp3) is 0.0455. The Bertz CT molecular complexity index is 1050. The van der Waals surface area contributed by atoms with Crippen molar-refractivity contribution in [3.63, 3.8) is 0 Å². The molecule has 0 fully saturated rings. The fourth-order valence-corrected chi connectivity index (χ4v) is 2.70. The Hall–Kier alpha value is -3.53. The molecule has 0 atom stereocenters. The summed E-state index contributed by atoms with van der Waals surface area (Å²) in [4.78, 5) is 9.40. The van der Waals surface area contributed by atoms with Crippen LogP contribution in [0, 0.1) is 6.92 Å². The zero-order chi connectivity index (χ0) is 17.8. The van der Waals surface area contributed by atoms with Crippen LogP contribution in [0.3, 0.4) is 0 Å². The first kappa shape index (κ1) is 16.0. The SMILES string of the molecule is Cc1ccc(-c2nc(N/N=C\c3ccccc3)c3ccccc3n2)cc1. The van der Waals surface area contributed by atoms with Gasteiger partial charge in [0, 0.05) is 10.9 Å². The number of hydrazone groups is 1. The van der Waals surface area contributed by atoms with Crippen LogP contribution < -0.4 is 5.43 Å². The standard InChI is InChI=1S/C22H18N4/c1-16-11-13-18(14-12-16)21-24-20-10-6-5-9-19(20)22(25-21)26-23-15-17-7-3-2-4-8-17/h2-15H,1H3,(H,24,25,26)/b23-15-. The van der Waals surface area contributed by atoms with E-state index in [1.54, 1.807) is 6.21 Å². The highest BCUT2D eigenvalue weighted by molar-refractivity contribution is 5.91. The summed E-state index contributed by atoms with van der Waals surface area (Å²) in [5.41, 5.74) is 7.18. The van der Waals surface area contributed by atoms with Crippen molar-refractivity contribution in [2.24, 2.45) is 5.10 Å². The fourth-order valence-electron chi connectivity index (χ4n) is 2.70. The maximum Gasteiger partial charge on any atom is 0.162 e. The van der Waals surface area contributed by atoms with E-state index in [4.69, 9.17) is 9.97 Å². The van der Waals surface area contributed by atoms with Gasteiger partial charge < -0.3 is 0 Å². The molecule has 4 nitrogen and oxygen atoms in total. The summed E-state index contributed by atoms with van der Waals surface area (Å²) in [5.74, 6) is 1.37.